The minimum absolute atomic E-state index is 0.319. The van der Waals surface area contributed by atoms with Crippen molar-refractivity contribution < 1.29 is 13.9 Å². The highest BCUT2D eigenvalue weighted by Crippen LogP contribution is 2.34. The molecule has 1 atom stereocenters. The average Bonchev–Trinajstić information content (AvgIpc) is 2.82. The maximum Gasteiger partial charge on any atom is 0.144 e. The van der Waals surface area contributed by atoms with E-state index in [-0.39, 0.29) is 5.82 Å². The summed E-state index contributed by atoms with van der Waals surface area (Å²) in [6, 6.07) is 13.6. The summed E-state index contributed by atoms with van der Waals surface area (Å²) in [4.78, 5) is 0. The zero-order valence-corrected chi connectivity index (χ0v) is 11.4. The van der Waals surface area contributed by atoms with Gasteiger partial charge in [0.15, 0.2) is 0 Å². The summed E-state index contributed by atoms with van der Waals surface area (Å²) in [5.41, 5.74) is 1.07. The molecule has 3 heteroatoms. The van der Waals surface area contributed by atoms with Crippen LogP contribution in [0, 0.1) is 12.7 Å². The molecular formula is C17H15FO2. The van der Waals surface area contributed by atoms with Crippen LogP contribution in [-0.4, -0.2) is 5.11 Å². The lowest BCUT2D eigenvalue weighted by Crippen LogP contribution is -2.23. The molecule has 0 aliphatic heterocycles. The second-order valence-corrected chi connectivity index (χ2v) is 5.18. The molecule has 0 saturated carbocycles. The second-order valence-electron chi connectivity index (χ2n) is 5.18. The molecule has 0 aliphatic rings. The standard InChI is InChI=1S/C17H15FO2/c1-11-5-3-4-6-14(11)17(2,19)16-10-12-9-13(18)7-8-15(12)20-16/h3-10,19H,1-2H3. The van der Waals surface area contributed by atoms with Gasteiger partial charge in [-0.3, -0.25) is 0 Å². The van der Waals surface area contributed by atoms with Gasteiger partial charge in [0.2, 0.25) is 0 Å². The number of fused-ring (bicyclic) bond motifs is 1. The van der Waals surface area contributed by atoms with Crippen molar-refractivity contribution in [1.82, 2.24) is 0 Å². The smallest absolute Gasteiger partial charge is 0.144 e. The van der Waals surface area contributed by atoms with E-state index in [1.807, 2.05) is 31.2 Å². The third kappa shape index (κ3) is 2.00. The summed E-state index contributed by atoms with van der Waals surface area (Å²) >= 11 is 0. The average molecular weight is 270 g/mol. The van der Waals surface area contributed by atoms with Gasteiger partial charge >= 0.3 is 0 Å². The predicted octanol–water partition coefficient (Wildman–Crippen LogP) is 4.14. The Kier molecular flexibility index (Phi) is 2.87. The molecule has 3 aromatic rings. The number of aliphatic hydroxyl groups is 1. The Hall–Kier alpha value is -2.13. The molecule has 2 aromatic carbocycles. The van der Waals surface area contributed by atoms with Gasteiger partial charge in [-0.25, -0.2) is 4.39 Å². The summed E-state index contributed by atoms with van der Waals surface area (Å²) in [5, 5.41) is 11.5. The van der Waals surface area contributed by atoms with Crippen LogP contribution >= 0.6 is 0 Å². The van der Waals surface area contributed by atoms with Crippen molar-refractivity contribution in [3.63, 3.8) is 0 Å². The summed E-state index contributed by atoms with van der Waals surface area (Å²) in [6.07, 6.45) is 0. The molecule has 0 amide bonds. The Bertz CT molecular complexity index is 772. The first-order valence-corrected chi connectivity index (χ1v) is 6.46. The zero-order valence-electron chi connectivity index (χ0n) is 11.4. The van der Waals surface area contributed by atoms with E-state index in [9.17, 15) is 9.50 Å². The van der Waals surface area contributed by atoms with Gasteiger partial charge in [0, 0.05) is 5.39 Å². The van der Waals surface area contributed by atoms with Crippen LogP contribution in [0.15, 0.2) is 52.9 Å². The first-order valence-electron chi connectivity index (χ1n) is 6.46. The SMILES string of the molecule is Cc1ccccc1C(C)(O)c1cc2cc(F)ccc2o1. The predicted molar refractivity (Wildman–Crippen MR) is 76.0 cm³/mol. The van der Waals surface area contributed by atoms with Crippen LogP contribution in [0.3, 0.4) is 0 Å². The van der Waals surface area contributed by atoms with Crippen molar-refractivity contribution in [3.8, 4) is 0 Å². The number of aryl methyl sites for hydroxylation is 1. The van der Waals surface area contributed by atoms with E-state index in [0.29, 0.717) is 16.7 Å². The molecule has 1 unspecified atom stereocenters. The zero-order chi connectivity index (χ0) is 14.3. The van der Waals surface area contributed by atoms with Gasteiger partial charge in [-0.2, -0.15) is 0 Å². The molecule has 1 heterocycles. The number of halogens is 1. The van der Waals surface area contributed by atoms with Crippen LogP contribution < -0.4 is 0 Å². The molecule has 1 aromatic heterocycles. The normalized spacial score (nSPS) is 14.4. The van der Waals surface area contributed by atoms with Gasteiger partial charge < -0.3 is 9.52 Å². The van der Waals surface area contributed by atoms with E-state index in [1.165, 1.54) is 12.1 Å². The fourth-order valence-corrected chi connectivity index (χ4v) is 2.51. The molecule has 1 N–H and O–H groups in total. The molecule has 0 fully saturated rings. The van der Waals surface area contributed by atoms with Crippen molar-refractivity contribution in [1.29, 1.82) is 0 Å². The van der Waals surface area contributed by atoms with Crippen molar-refractivity contribution >= 4 is 11.0 Å². The number of hydrogen-bond donors (Lipinski definition) is 1. The van der Waals surface area contributed by atoms with E-state index in [2.05, 4.69) is 0 Å². The molecule has 0 spiro atoms. The third-order valence-corrected chi connectivity index (χ3v) is 3.63. The molecule has 2 nitrogen and oxygen atoms in total. The maximum atomic E-state index is 13.2. The Labute approximate surface area is 116 Å². The lowest BCUT2D eigenvalue weighted by atomic mass is 9.90. The van der Waals surface area contributed by atoms with Gasteiger partial charge in [-0.15, -0.1) is 0 Å². The summed E-state index contributed by atoms with van der Waals surface area (Å²) < 4.78 is 18.9. The highest BCUT2D eigenvalue weighted by atomic mass is 19.1. The topological polar surface area (TPSA) is 33.4 Å². The minimum atomic E-state index is -1.25. The number of rotatable bonds is 2. The largest absolute Gasteiger partial charge is 0.458 e. The van der Waals surface area contributed by atoms with Crippen molar-refractivity contribution in [2.24, 2.45) is 0 Å². The lowest BCUT2D eigenvalue weighted by Gasteiger charge is -2.23. The highest BCUT2D eigenvalue weighted by molar-refractivity contribution is 5.78. The van der Waals surface area contributed by atoms with Crippen LogP contribution in [0.5, 0.6) is 0 Å². The molecule has 0 radical (unpaired) electrons. The van der Waals surface area contributed by atoms with Crippen LogP contribution in [0.1, 0.15) is 23.8 Å². The van der Waals surface area contributed by atoms with Gasteiger partial charge in [0.25, 0.3) is 0 Å². The molecule has 0 bridgehead atoms. The van der Waals surface area contributed by atoms with Crippen LogP contribution in [0.4, 0.5) is 4.39 Å². The Morgan fingerprint density at radius 3 is 2.60 bits per heavy atom. The third-order valence-electron chi connectivity index (χ3n) is 3.63. The number of benzene rings is 2. The van der Waals surface area contributed by atoms with Gasteiger partial charge in [0.1, 0.15) is 22.8 Å². The van der Waals surface area contributed by atoms with Crippen molar-refractivity contribution in [2.45, 2.75) is 19.4 Å². The van der Waals surface area contributed by atoms with Gasteiger partial charge in [-0.1, -0.05) is 24.3 Å². The molecule has 102 valence electrons. The Morgan fingerprint density at radius 1 is 1.10 bits per heavy atom. The maximum absolute atomic E-state index is 13.2. The van der Waals surface area contributed by atoms with E-state index in [4.69, 9.17) is 4.42 Å². The Morgan fingerprint density at radius 2 is 1.85 bits per heavy atom. The van der Waals surface area contributed by atoms with E-state index < -0.39 is 5.60 Å². The lowest BCUT2D eigenvalue weighted by molar-refractivity contribution is 0.0780. The summed E-state index contributed by atoms with van der Waals surface area (Å²) in [7, 11) is 0. The second kappa shape index (κ2) is 4.46. The quantitative estimate of drug-likeness (QED) is 0.759. The minimum Gasteiger partial charge on any atom is -0.458 e. The molecule has 20 heavy (non-hydrogen) atoms. The van der Waals surface area contributed by atoms with Gasteiger partial charge in [0.05, 0.1) is 0 Å². The van der Waals surface area contributed by atoms with Gasteiger partial charge in [-0.05, 0) is 49.2 Å². The number of hydrogen-bond acceptors (Lipinski definition) is 2. The summed E-state index contributed by atoms with van der Waals surface area (Å²) in [5.74, 6) is 0.0905. The number of furan rings is 1. The van der Waals surface area contributed by atoms with E-state index >= 15 is 0 Å². The van der Waals surface area contributed by atoms with E-state index in [1.54, 1.807) is 19.1 Å². The van der Waals surface area contributed by atoms with Crippen molar-refractivity contribution in [3.05, 3.63) is 71.2 Å². The van der Waals surface area contributed by atoms with Crippen LogP contribution in [0.25, 0.3) is 11.0 Å². The summed E-state index contributed by atoms with van der Waals surface area (Å²) in [6.45, 7) is 3.62. The fraction of sp³-hybridized carbons (Fsp3) is 0.176. The monoisotopic (exact) mass is 270 g/mol. The first kappa shape index (κ1) is 12.9. The molecule has 3 rings (SSSR count). The van der Waals surface area contributed by atoms with Crippen molar-refractivity contribution in [2.75, 3.05) is 0 Å². The molecule has 0 aliphatic carbocycles. The first-order chi connectivity index (χ1) is 9.48. The van der Waals surface area contributed by atoms with Crippen LogP contribution in [0.2, 0.25) is 0 Å². The highest BCUT2D eigenvalue weighted by Gasteiger charge is 2.31. The fourth-order valence-electron chi connectivity index (χ4n) is 2.51. The van der Waals surface area contributed by atoms with Crippen LogP contribution in [-0.2, 0) is 5.60 Å². The molecule has 0 saturated heterocycles. The Balaban J connectivity index is 2.16. The van der Waals surface area contributed by atoms with E-state index in [0.717, 1.165) is 11.1 Å². The molecular weight excluding hydrogens is 255 g/mol.